The highest BCUT2D eigenvalue weighted by molar-refractivity contribution is 7.99. The number of hydrogen-bond donors (Lipinski definition) is 0. The third kappa shape index (κ3) is 10.3. The summed E-state index contributed by atoms with van der Waals surface area (Å²) in [5.74, 6) is 0.391. The van der Waals surface area contributed by atoms with Crippen molar-refractivity contribution in [2.45, 2.75) is 62.5 Å². The number of ether oxygens (including phenoxy) is 4. The second-order valence-corrected chi connectivity index (χ2v) is 9.94. The average molecular weight is 447 g/mol. The van der Waals surface area contributed by atoms with Gasteiger partial charge in [0.2, 0.25) is 0 Å². The molecule has 7 heteroatoms. The molecule has 2 aromatic carbocycles. The molecule has 0 spiro atoms. The van der Waals surface area contributed by atoms with Crippen LogP contribution in [-0.4, -0.2) is 36.4 Å². The van der Waals surface area contributed by atoms with Gasteiger partial charge in [0.15, 0.2) is 13.2 Å². The Bertz CT molecular complexity index is 787. The van der Waals surface area contributed by atoms with Gasteiger partial charge in [-0.2, -0.15) is 0 Å². The second kappa shape index (κ2) is 10.6. The molecule has 0 atom stereocenters. The van der Waals surface area contributed by atoms with Gasteiger partial charge in [-0.25, -0.2) is 9.59 Å². The van der Waals surface area contributed by atoms with E-state index in [0.29, 0.717) is 11.5 Å². The Balaban J connectivity index is 1.81. The van der Waals surface area contributed by atoms with Crippen molar-refractivity contribution in [1.82, 2.24) is 0 Å². The highest BCUT2D eigenvalue weighted by Gasteiger charge is 2.17. The Labute approximate surface area is 188 Å². The Morgan fingerprint density at radius 1 is 0.645 bits per heavy atom. The minimum absolute atomic E-state index is 0.130. The van der Waals surface area contributed by atoms with Gasteiger partial charge < -0.3 is 18.9 Å². The maximum absolute atomic E-state index is 11.7. The summed E-state index contributed by atoms with van der Waals surface area (Å²) in [6.45, 7) is 10.6. The van der Waals surface area contributed by atoms with Crippen molar-refractivity contribution in [2.24, 2.45) is 0 Å². The van der Waals surface area contributed by atoms with Crippen LogP contribution in [0.4, 0.5) is 0 Å². The molecule has 0 heterocycles. The van der Waals surface area contributed by atoms with Crippen molar-refractivity contribution in [3.8, 4) is 11.5 Å². The normalized spacial score (nSPS) is 11.5. The summed E-state index contributed by atoms with van der Waals surface area (Å²) in [4.78, 5) is 25.5. The molecule has 0 unspecified atom stereocenters. The molecule has 2 rings (SSSR count). The van der Waals surface area contributed by atoms with Gasteiger partial charge in [-0.3, -0.25) is 0 Å². The molecule has 0 saturated carbocycles. The van der Waals surface area contributed by atoms with Gasteiger partial charge in [-0.15, -0.1) is 0 Å². The van der Waals surface area contributed by atoms with Crippen LogP contribution in [0.25, 0.3) is 0 Å². The van der Waals surface area contributed by atoms with Crippen LogP contribution in [0, 0.1) is 0 Å². The Hall–Kier alpha value is -2.67. The Morgan fingerprint density at radius 3 is 1.26 bits per heavy atom. The van der Waals surface area contributed by atoms with Crippen LogP contribution in [0.1, 0.15) is 41.5 Å². The van der Waals surface area contributed by atoms with Crippen LogP contribution in [-0.2, 0) is 19.1 Å². The predicted octanol–water partition coefficient (Wildman–Crippen LogP) is 5.28. The minimum Gasteiger partial charge on any atom is -0.482 e. The molecule has 0 aliphatic rings. The van der Waals surface area contributed by atoms with Crippen molar-refractivity contribution >= 4 is 23.7 Å². The lowest BCUT2D eigenvalue weighted by Gasteiger charge is -2.19. The minimum atomic E-state index is -0.530. The molecule has 0 aliphatic carbocycles. The quantitative estimate of drug-likeness (QED) is 0.511. The zero-order chi connectivity index (χ0) is 23.1. The van der Waals surface area contributed by atoms with Crippen LogP contribution in [0.3, 0.4) is 0 Å². The van der Waals surface area contributed by atoms with Crippen LogP contribution in [0.5, 0.6) is 11.5 Å². The zero-order valence-electron chi connectivity index (χ0n) is 18.9. The highest BCUT2D eigenvalue weighted by Crippen LogP contribution is 2.30. The maximum Gasteiger partial charge on any atom is 0.344 e. The van der Waals surface area contributed by atoms with Crippen LogP contribution >= 0.6 is 11.8 Å². The van der Waals surface area contributed by atoms with Crippen molar-refractivity contribution in [1.29, 1.82) is 0 Å². The van der Waals surface area contributed by atoms with E-state index in [9.17, 15) is 9.59 Å². The number of carbonyl (C=O) groups excluding carboxylic acids is 2. The largest absolute Gasteiger partial charge is 0.482 e. The first kappa shape index (κ1) is 24.6. The summed E-state index contributed by atoms with van der Waals surface area (Å²) in [6, 6.07) is 14.9. The fourth-order valence-electron chi connectivity index (χ4n) is 2.37. The van der Waals surface area contributed by atoms with Gasteiger partial charge >= 0.3 is 11.9 Å². The predicted molar refractivity (Wildman–Crippen MR) is 120 cm³/mol. The van der Waals surface area contributed by atoms with E-state index in [0.717, 1.165) is 9.79 Å². The summed E-state index contributed by atoms with van der Waals surface area (Å²) >= 11 is 1.58. The molecule has 0 bridgehead atoms. The van der Waals surface area contributed by atoms with Gasteiger partial charge in [0.25, 0.3) is 0 Å². The van der Waals surface area contributed by atoms with Crippen molar-refractivity contribution in [3.63, 3.8) is 0 Å². The molecule has 0 amide bonds. The van der Waals surface area contributed by atoms with Gasteiger partial charge in [0.1, 0.15) is 22.7 Å². The van der Waals surface area contributed by atoms with Gasteiger partial charge in [-0.05, 0) is 90.1 Å². The third-order valence-electron chi connectivity index (χ3n) is 3.44. The molecule has 6 nitrogen and oxygen atoms in total. The number of carbonyl (C=O) groups is 2. The fraction of sp³-hybridized carbons (Fsp3) is 0.417. The molecular formula is C24H30O6S. The molecule has 0 radical (unpaired) electrons. The molecule has 0 aliphatic heterocycles. The van der Waals surface area contributed by atoms with E-state index in [-0.39, 0.29) is 13.2 Å². The topological polar surface area (TPSA) is 71.1 Å². The van der Waals surface area contributed by atoms with Crippen LogP contribution in [0.2, 0.25) is 0 Å². The van der Waals surface area contributed by atoms with E-state index < -0.39 is 23.1 Å². The van der Waals surface area contributed by atoms with Crippen molar-refractivity contribution in [3.05, 3.63) is 48.5 Å². The standard InChI is InChI=1S/C24H30O6S/c1-23(2,3)29-21(25)15-27-17-7-11-19(12-8-17)31-20-13-9-18(10-14-20)28-16-22(26)30-24(4,5)6/h7-14H,15-16H2,1-6H3. The zero-order valence-corrected chi connectivity index (χ0v) is 19.7. The first-order chi connectivity index (χ1) is 14.4. The fourth-order valence-corrected chi connectivity index (χ4v) is 3.19. The highest BCUT2D eigenvalue weighted by atomic mass is 32.2. The Morgan fingerprint density at radius 2 is 0.968 bits per heavy atom. The first-order valence-corrected chi connectivity index (χ1v) is 10.8. The summed E-state index contributed by atoms with van der Waals surface area (Å²) in [5, 5.41) is 0. The molecule has 2 aromatic rings. The molecular weight excluding hydrogens is 416 g/mol. The van der Waals surface area contributed by atoms with E-state index in [2.05, 4.69) is 0 Å². The van der Waals surface area contributed by atoms with E-state index >= 15 is 0 Å². The van der Waals surface area contributed by atoms with Crippen LogP contribution < -0.4 is 9.47 Å². The summed E-state index contributed by atoms with van der Waals surface area (Å²) in [6.07, 6.45) is 0. The summed E-state index contributed by atoms with van der Waals surface area (Å²) in [7, 11) is 0. The molecule has 31 heavy (non-hydrogen) atoms. The molecule has 168 valence electrons. The number of benzene rings is 2. The third-order valence-corrected chi connectivity index (χ3v) is 4.45. The van der Waals surface area contributed by atoms with E-state index in [1.807, 2.05) is 90.1 Å². The van der Waals surface area contributed by atoms with E-state index in [4.69, 9.17) is 18.9 Å². The molecule has 0 aromatic heterocycles. The summed E-state index contributed by atoms with van der Waals surface area (Å²) in [5.41, 5.74) is -1.06. The number of esters is 2. The van der Waals surface area contributed by atoms with E-state index in [1.54, 1.807) is 11.8 Å². The summed E-state index contributed by atoms with van der Waals surface area (Å²) < 4.78 is 21.4. The monoisotopic (exact) mass is 446 g/mol. The Kier molecular flexibility index (Phi) is 8.39. The molecule has 0 fully saturated rings. The lowest BCUT2D eigenvalue weighted by atomic mass is 10.2. The SMILES string of the molecule is CC(C)(C)OC(=O)COc1ccc(Sc2ccc(OCC(=O)OC(C)(C)C)cc2)cc1. The number of rotatable bonds is 8. The first-order valence-electron chi connectivity index (χ1n) is 9.97. The second-order valence-electron chi connectivity index (χ2n) is 8.80. The molecule has 0 saturated heterocycles. The lowest BCUT2D eigenvalue weighted by Crippen LogP contribution is -2.27. The lowest BCUT2D eigenvalue weighted by molar-refractivity contribution is -0.158. The van der Waals surface area contributed by atoms with E-state index in [1.165, 1.54) is 0 Å². The van der Waals surface area contributed by atoms with Gasteiger partial charge in [0, 0.05) is 9.79 Å². The van der Waals surface area contributed by atoms with Crippen LogP contribution in [0.15, 0.2) is 58.3 Å². The van der Waals surface area contributed by atoms with Gasteiger partial charge in [0.05, 0.1) is 0 Å². The average Bonchev–Trinajstić information content (AvgIpc) is 2.64. The number of hydrogen-bond acceptors (Lipinski definition) is 7. The molecule has 0 N–H and O–H groups in total. The van der Waals surface area contributed by atoms with Gasteiger partial charge in [-0.1, -0.05) is 11.8 Å². The van der Waals surface area contributed by atoms with Crippen molar-refractivity contribution < 1.29 is 28.5 Å². The van der Waals surface area contributed by atoms with Crippen molar-refractivity contribution in [2.75, 3.05) is 13.2 Å². The maximum atomic E-state index is 11.7. The smallest absolute Gasteiger partial charge is 0.344 e.